The van der Waals surface area contributed by atoms with Crippen LogP contribution in [0.15, 0.2) is 35.4 Å². The smallest absolute Gasteiger partial charge is 0.323 e. The highest BCUT2D eigenvalue weighted by molar-refractivity contribution is 7.99. The van der Waals surface area contributed by atoms with Gasteiger partial charge in [0.15, 0.2) is 0 Å². The van der Waals surface area contributed by atoms with E-state index >= 15 is 0 Å². The summed E-state index contributed by atoms with van der Waals surface area (Å²) >= 11 is 1.86. The van der Waals surface area contributed by atoms with Crippen LogP contribution in [0.2, 0.25) is 0 Å². The van der Waals surface area contributed by atoms with E-state index in [2.05, 4.69) is 28.6 Å². The van der Waals surface area contributed by atoms with E-state index in [1.807, 2.05) is 43.9 Å². The summed E-state index contributed by atoms with van der Waals surface area (Å²) < 4.78 is 7.34. The van der Waals surface area contributed by atoms with Crippen LogP contribution in [0.3, 0.4) is 0 Å². The van der Waals surface area contributed by atoms with Crippen molar-refractivity contribution in [2.75, 3.05) is 19.4 Å². The highest BCUT2D eigenvalue weighted by atomic mass is 32.2. The van der Waals surface area contributed by atoms with Crippen molar-refractivity contribution in [1.82, 2.24) is 14.7 Å². The third-order valence-electron chi connectivity index (χ3n) is 5.25. The lowest BCUT2D eigenvalue weighted by atomic mass is 9.94. The van der Waals surface area contributed by atoms with Crippen LogP contribution in [-0.2, 0) is 9.53 Å². The van der Waals surface area contributed by atoms with Crippen LogP contribution in [0.25, 0.3) is 5.69 Å². The van der Waals surface area contributed by atoms with E-state index in [4.69, 9.17) is 9.84 Å². The predicted octanol–water partition coefficient (Wildman–Crippen LogP) is 3.21. The standard InChI is InChI=1S/C19H23N3O2S/c1-4-24-19(23)15-10-13-11-25-18-16(17(13)21(15)3)12(2)20-22(18)14-8-6-5-7-9-14/h5-9,13,15,17H,4,10-11H2,1-3H3/t13-,15-,17-/m1/s1. The number of likely N-dealkylation sites (N-methyl/N-ethyl adjacent to an activating group) is 1. The number of benzene rings is 1. The first-order valence-corrected chi connectivity index (χ1v) is 9.76. The molecule has 3 heterocycles. The molecule has 0 bridgehead atoms. The number of carbonyl (C=O) groups is 1. The molecule has 0 unspecified atom stereocenters. The number of carbonyl (C=O) groups excluding carboxylic acids is 1. The molecule has 2 aliphatic rings. The van der Waals surface area contributed by atoms with Gasteiger partial charge < -0.3 is 4.74 Å². The summed E-state index contributed by atoms with van der Waals surface area (Å²) in [6.07, 6.45) is 0.863. The SMILES string of the molecule is CCOC(=O)[C@H]1C[C@@H]2CSc3c(c(C)nn3-c3ccccc3)[C@@H]2N1C. The zero-order valence-electron chi connectivity index (χ0n) is 14.8. The summed E-state index contributed by atoms with van der Waals surface area (Å²) in [5.41, 5.74) is 3.41. The van der Waals surface area contributed by atoms with Crippen LogP contribution >= 0.6 is 11.8 Å². The summed E-state index contributed by atoms with van der Waals surface area (Å²) in [5.74, 6) is 1.37. The first-order valence-electron chi connectivity index (χ1n) is 8.78. The number of thioether (sulfide) groups is 1. The van der Waals surface area contributed by atoms with E-state index in [9.17, 15) is 4.79 Å². The van der Waals surface area contributed by atoms with Crippen molar-refractivity contribution in [3.63, 3.8) is 0 Å². The van der Waals surface area contributed by atoms with Gasteiger partial charge in [-0.3, -0.25) is 9.69 Å². The minimum absolute atomic E-state index is 0.0981. The van der Waals surface area contributed by atoms with Gasteiger partial charge in [0.05, 0.1) is 18.0 Å². The van der Waals surface area contributed by atoms with Crippen molar-refractivity contribution in [1.29, 1.82) is 0 Å². The van der Waals surface area contributed by atoms with Crippen LogP contribution in [0.5, 0.6) is 0 Å². The zero-order valence-corrected chi connectivity index (χ0v) is 15.6. The van der Waals surface area contributed by atoms with Crippen LogP contribution in [-0.4, -0.2) is 46.1 Å². The Hall–Kier alpha value is -1.79. The van der Waals surface area contributed by atoms with Crippen molar-refractivity contribution in [3.8, 4) is 5.69 Å². The zero-order chi connectivity index (χ0) is 17.6. The number of aromatic nitrogens is 2. The molecule has 4 rings (SSSR count). The number of hydrogen-bond donors (Lipinski definition) is 0. The summed E-state index contributed by atoms with van der Waals surface area (Å²) in [4.78, 5) is 14.5. The van der Waals surface area contributed by atoms with Crippen LogP contribution in [0, 0.1) is 12.8 Å². The van der Waals surface area contributed by atoms with Gasteiger partial charge in [0, 0.05) is 17.4 Å². The van der Waals surface area contributed by atoms with Crippen LogP contribution in [0.1, 0.15) is 30.6 Å². The third kappa shape index (κ3) is 2.68. The van der Waals surface area contributed by atoms with Gasteiger partial charge in [0.2, 0.25) is 0 Å². The molecule has 0 N–H and O–H groups in total. The number of likely N-dealkylation sites (tertiary alicyclic amines) is 1. The summed E-state index contributed by atoms with van der Waals surface area (Å²) in [6.45, 7) is 4.37. The Bertz CT molecular complexity index is 789. The topological polar surface area (TPSA) is 47.4 Å². The van der Waals surface area contributed by atoms with Gasteiger partial charge in [-0.05, 0) is 45.4 Å². The van der Waals surface area contributed by atoms with Gasteiger partial charge >= 0.3 is 5.97 Å². The maximum absolute atomic E-state index is 12.3. The number of aryl methyl sites for hydroxylation is 1. The van der Waals surface area contributed by atoms with Crippen LogP contribution in [0.4, 0.5) is 0 Å². The van der Waals surface area contributed by atoms with Crippen molar-refractivity contribution in [3.05, 3.63) is 41.6 Å². The molecular weight excluding hydrogens is 334 g/mol. The van der Waals surface area contributed by atoms with E-state index < -0.39 is 0 Å². The minimum Gasteiger partial charge on any atom is -0.465 e. The van der Waals surface area contributed by atoms with E-state index in [-0.39, 0.29) is 18.1 Å². The molecule has 2 aliphatic heterocycles. The highest BCUT2D eigenvalue weighted by Gasteiger charge is 2.48. The fourth-order valence-electron chi connectivity index (χ4n) is 4.14. The number of para-hydroxylation sites is 1. The summed E-state index contributed by atoms with van der Waals surface area (Å²) in [5, 5.41) is 6.03. The molecule has 3 atom stereocenters. The number of fused-ring (bicyclic) bond motifs is 3. The lowest BCUT2D eigenvalue weighted by Crippen LogP contribution is -2.36. The molecule has 0 spiro atoms. The Balaban J connectivity index is 1.72. The second-order valence-electron chi connectivity index (χ2n) is 6.74. The Morgan fingerprint density at radius 2 is 2.12 bits per heavy atom. The minimum atomic E-state index is -0.152. The van der Waals surface area contributed by atoms with E-state index in [0.29, 0.717) is 12.5 Å². The molecule has 0 saturated carbocycles. The molecule has 25 heavy (non-hydrogen) atoms. The van der Waals surface area contributed by atoms with E-state index in [0.717, 1.165) is 23.6 Å². The highest BCUT2D eigenvalue weighted by Crippen LogP contribution is 2.50. The maximum Gasteiger partial charge on any atom is 0.323 e. The molecule has 6 heteroatoms. The third-order valence-corrected chi connectivity index (χ3v) is 6.52. The predicted molar refractivity (Wildman–Crippen MR) is 98.1 cm³/mol. The lowest BCUT2D eigenvalue weighted by molar-refractivity contribution is -0.148. The average Bonchev–Trinajstić information content (AvgIpc) is 3.14. The largest absolute Gasteiger partial charge is 0.465 e. The second kappa shape index (κ2) is 6.50. The van der Waals surface area contributed by atoms with Gasteiger partial charge in [0.25, 0.3) is 0 Å². The number of hydrogen-bond acceptors (Lipinski definition) is 5. The Morgan fingerprint density at radius 1 is 1.36 bits per heavy atom. The van der Waals surface area contributed by atoms with Gasteiger partial charge in [-0.2, -0.15) is 5.10 Å². The Labute approximate surface area is 152 Å². The maximum atomic E-state index is 12.3. The molecule has 0 amide bonds. The second-order valence-corrected chi connectivity index (χ2v) is 7.75. The first-order chi connectivity index (χ1) is 12.1. The summed E-state index contributed by atoms with van der Waals surface area (Å²) in [6, 6.07) is 10.3. The van der Waals surface area contributed by atoms with Gasteiger partial charge in [-0.25, -0.2) is 4.68 Å². The first kappa shape index (κ1) is 16.7. The quantitative estimate of drug-likeness (QED) is 0.790. The van der Waals surface area contributed by atoms with Crippen LogP contribution < -0.4 is 0 Å². The Morgan fingerprint density at radius 3 is 2.84 bits per heavy atom. The number of rotatable bonds is 3. The van der Waals surface area contributed by atoms with Gasteiger partial charge in [-0.15, -0.1) is 11.8 Å². The number of esters is 1. The molecular formula is C19H23N3O2S. The van der Waals surface area contributed by atoms with Gasteiger partial charge in [-0.1, -0.05) is 18.2 Å². The van der Waals surface area contributed by atoms with Crippen molar-refractivity contribution >= 4 is 17.7 Å². The van der Waals surface area contributed by atoms with Crippen molar-refractivity contribution < 1.29 is 9.53 Å². The molecule has 2 aromatic rings. The molecule has 0 aliphatic carbocycles. The van der Waals surface area contributed by atoms with Crippen molar-refractivity contribution in [2.45, 2.75) is 37.4 Å². The molecule has 5 nitrogen and oxygen atoms in total. The van der Waals surface area contributed by atoms with Crippen molar-refractivity contribution in [2.24, 2.45) is 5.92 Å². The molecule has 1 fully saturated rings. The fraction of sp³-hybridized carbons (Fsp3) is 0.474. The lowest BCUT2D eigenvalue weighted by Gasteiger charge is -2.31. The fourth-order valence-corrected chi connectivity index (χ4v) is 5.52. The molecule has 1 aromatic heterocycles. The Kier molecular flexibility index (Phi) is 4.33. The normalized spacial score (nSPS) is 25.5. The molecule has 132 valence electrons. The van der Waals surface area contributed by atoms with E-state index in [1.165, 1.54) is 10.6 Å². The summed E-state index contributed by atoms with van der Waals surface area (Å²) in [7, 11) is 2.05. The average molecular weight is 357 g/mol. The molecule has 1 aromatic carbocycles. The monoisotopic (exact) mass is 357 g/mol. The number of ether oxygens (including phenoxy) is 1. The number of nitrogens with zero attached hydrogens (tertiary/aromatic N) is 3. The molecule has 1 saturated heterocycles. The van der Waals surface area contributed by atoms with Gasteiger partial charge in [0.1, 0.15) is 11.1 Å². The van der Waals surface area contributed by atoms with E-state index in [1.54, 1.807) is 0 Å². The molecule has 0 radical (unpaired) electrons.